The van der Waals surface area contributed by atoms with Gasteiger partial charge in [-0.2, -0.15) is 0 Å². The van der Waals surface area contributed by atoms with E-state index in [1.165, 1.54) is 29.2 Å². The summed E-state index contributed by atoms with van der Waals surface area (Å²) in [6.07, 6.45) is 2.44. The molecule has 1 amide bonds. The van der Waals surface area contributed by atoms with Crippen LogP contribution in [0, 0.1) is 0 Å². The van der Waals surface area contributed by atoms with Crippen molar-refractivity contribution in [3.63, 3.8) is 0 Å². The van der Waals surface area contributed by atoms with Crippen LogP contribution in [0.2, 0.25) is 10.0 Å². The zero-order valence-electron chi connectivity index (χ0n) is 17.7. The predicted molar refractivity (Wildman–Crippen MR) is 131 cm³/mol. The Morgan fingerprint density at radius 3 is 2.69 bits per heavy atom. The second kappa shape index (κ2) is 10.3. The molecule has 9 heteroatoms. The topological polar surface area (TPSA) is 67.2 Å². The molecule has 1 aliphatic rings. The fourth-order valence-electron chi connectivity index (χ4n) is 3.77. The second-order valence-corrected chi connectivity index (χ2v) is 9.90. The number of thioether (sulfide) groups is 1. The molecule has 2 aromatic carbocycles. The van der Waals surface area contributed by atoms with Crippen LogP contribution in [0.3, 0.4) is 0 Å². The molecule has 1 atom stereocenters. The molecule has 0 bridgehead atoms. The van der Waals surface area contributed by atoms with Crippen molar-refractivity contribution in [1.29, 1.82) is 0 Å². The van der Waals surface area contributed by atoms with Crippen LogP contribution in [0.4, 0.5) is 0 Å². The largest absolute Gasteiger partial charge is 0.354 e. The molecule has 1 N–H and O–H groups in total. The average molecular weight is 491 g/mol. The molecular formula is C23H24Cl2N4O2S. The third-order valence-electron chi connectivity index (χ3n) is 5.47. The molecule has 3 aromatic rings. The second-order valence-electron chi connectivity index (χ2n) is 7.75. The highest BCUT2D eigenvalue weighted by Crippen LogP contribution is 2.29. The normalized spacial score (nSPS) is 15.2. The summed E-state index contributed by atoms with van der Waals surface area (Å²) in [5.74, 6) is -0.0923. The Balaban J connectivity index is 1.62. The smallest absolute Gasteiger partial charge is 0.266 e. The van der Waals surface area contributed by atoms with Gasteiger partial charge in [-0.3, -0.25) is 14.2 Å². The summed E-state index contributed by atoms with van der Waals surface area (Å²) in [6, 6.07) is 12.1. The molecule has 1 aromatic heterocycles. The molecular weight excluding hydrogens is 467 g/mol. The van der Waals surface area contributed by atoms with Crippen LogP contribution in [0.5, 0.6) is 0 Å². The molecule has 1 saturated heterocycles. The number of carbonyl (C=O) groups excluding carboxylic acids is 1. The number of benzene rings is 2. The maximum absolute atomic E-state index is 13.4. The van der Waals surface area contributed by atoms with E-state index in [0.29, 0.717) is 38.3 Å². The summed E-state index contributed by atoms with van der Waals surface area (Å²) in [6.45, 7) is 5.45. The highest BCUT2D eigenvalue weighted by atomic mass is 35.5. The fraction of sp³-hybridized carbons (Fsp3) is 0.348. The number of amides is 1. The molecule has 2 heterocycles. The summed E-state index contributed by atoms with van der Waals surface area (Å²) in [5, 5.41) is 4.24. The van der Waals surface area contributed by atoms with E-state index in [2.05, 4.69) is 15.2 Å². The van der Waals surface area contributed by atoms with Crippen molar-refractivity contribution < 1.29 is 4.79 Å². The van der Waals surface area contributed by atoms with Gasteiger partial charge in [0.05, 0.1) is 26.9 Å². The molecule has 0 aliphatic carbocycles. The summed E-state index contributed by atoms with van der Waals surface area (Å²) in [5.41, 5.74) is 0.801. The van der Waals surface area contributed by atoms with Gasteiger partial charge in [-0.15, -0.1) is 0 Å². The minimum Gasteiger partial charge on any atom is -0.354 e. The maximum atomic E-state index is 13.4. The third-order valence-corrected chi connectivity index (χ3v) is 7.06. The molecule has 168 valence electrons. The Labute approximate surface area is 200 Å². The first kappa shape index (κ1) is 23.1. The van der Waals surface area contributed by atoms with Crippen molar-refractivity contribution in [1.82, 2.24) is 19.8 Å². The standard InChI is InChI=1S/C23H24Cl2N4O2S/c1-15(21(30)26-10-13-28-11-4-5-12-28)32-23-27-19-7-3-2-6-17(19)22(31)29(23)20-9-8-16(24)14-18(20)25/h2-3,6-9,14-15H,4-5,10-13H2,1H3,(H,26,30). The van der Waals surface area contributed by atoms with Crippen LogP contribution in [0.1, 0.15) is 19.8 Å². The number of hydrogen-bond donors (Lipinski definition) is 1. The maximum Gasteiger partial charge on any atom is 0.266 e. The lowest BCUT2D eigenvalue weighted by molar-refractivity contribution is -0.120. The number of para-hydroxylation sites is 1. The number of rotatable bonds is 7. The van der Waals surface area contributed by atoms with Crippen molar-refractivity contribution in [2.24, 2.45) is 0 Å². The lowest BCUT2D eigenvalue weighted by atomic mass is 10.2. The Morgan fingerprint density at radius 1 is 1.19 bits per heavy atom. The molecule has 6 nitrogen and oxygen atoms in total. The van der Waals surface area contributed by atoms with Crippen molar-refractivity contribution in [2.75, 3.05) is 26.2 Å². The molecule has 32 heavy (non-hydrogen) atoms. The van der Waals surface area contributed by atoms with E-state index in [1.807, 2.05) is 13.0 Å². The number of fused-ring (bicyclic) bond motifs is 1. The van der Waals surface area contributed by atoms with E-state index in [1.54, 1.807) is 36.4 Å². The van der Waals surface area contributed by atoms with E-state index < -0.39 is 5.25 Å². The Morgan fingerprint density at radius 2 is 1.94 bits per heavy atom. The van der Waals surface area contributed by atoms with Gasteiger partial charge >= 0.3 is 0 Å². The highest BCUT2D eigenvalue weighted by molar-refractivity contribution is 8.00. The van der Waals surface area contributed by atoms with E-state index in [4.69, 9.17) is 23.2 Å². The van der Waals surface area contributed by atoms with Gasteiger partial charge in [0.1, 0.15) is 0 Å². The Hall–Kier alpha value is -2.06. The first-order chi connectivity index (χ1) is 15.4. The highest BCUT2D eigenvalue weighted by Gasteiger charge is 2.21. The van der Waals surface area contributed by atoms with Gasteiger partial charge in [0, 0.05) is 18.1 Å². The molecule has 1 unspecified atom stereocenters. The van der Waals surface area contributed by atoms with Crippen LogP contribution in [0.25, 0.3) is 16.6 Å². The van der Waals surface area contributed by atoms with Gasteiger partial charge < -0.3 is 10.2 Å². The van der Waals surface area contributed by atoms with Gasteiger partial charge in [-0.05, 0) is 63.2 Å². The zero-order chi connectivity index (χ0) is 22.7. The van der Waals surface area contributed by atoms with Gasteiger partial charge in [-0.1, -0.05) is 47.1 Å². The molecule has 0 radical (unpaired) electrons. The quantitative estimate of drug-likeness (QED) is 0.393. The van der Waals surface area contributed by atoms with E-state index >= 15 is 0 Å². The average Bonchev–Trinajstić information content (AvgIpc) is 3.28. The summed E-state index contributed by atoms with van der Waals surface area (Å²) >= 11 is 13.7. The number of nitrogens with zero attached hydrogens (tertiary/aromatic N) is 3. The third kappa shape index (κ3) is 5.12. The van der Waals surface area contributed by atoms with Crippen molar-refractivity contribution in [3.05, 3.63) is 62.9 Å². The lowest BCUT2D eigenvalue weighted by Gasteiger charge is -2.18. The Bertz CT molecular complexity index is 1190. The van der Waals surface area contributed by atoms with Crippen molar-refractivity contribution >= 4 is 51.8 Å². The van der Waals surface area contributed by atoms with Crippen LogP contribution in [0.15, 0.2) is 52.4 Å². The molecule has 4 rings (SSSR count). The fourth-order valence-corrected chi connectivity index (χ4v) is 5.20. The van der Waals surface area contributed by atoms with Crippen molar-refractivity contribution in [3.8, 4) is 5.69 Å². The molecule has 1 fully saturated rings. The number of hydrogen-bond acceptors (Lipinski definition) is 5. The van der Waals surface area contributed by atoms with E-state index in [0.717, 1.165) is 19.6 Å². The minimum absolute atomic E-state index is 0.0923. The van der Waals surface area contributed by atoms with Gasteiger partial charge in [0.15, 0.2) is 5.16 Å². The summed E-state index contributed by atoms with van der Waals surface area (Å²) in [7, 11) is 0. The van der Waals surface area contributed by atoms with E-state index in [-0.39, 0.29) is 11.5 Å². The molecule has 1 aliphatic heterocycles. The first-order valence-electron chi connectivity index (χ1n) is 10.6. The first-order valence-corrected chi connectivity index (χ1v) is 12.2. The summed E-state index contributed by atoms with van der Waals surface area (Å²) in [4.78, 5) is 33.1. The van der Waals surface area contributed by atoms with Crippen LogP contribution in [-0.2, 0) is 4.79 Å². The van der Waals surface area contributed by atoms with Gasteiger partial charge in [0.25, 0.3) is 5.56 Å². The van der Waals surface area contributed by atoms with Crippen LogP contribution in [-0.4, -0.2) is 51.8 Å². The predicted octanol–water partition coefficient (Wildman–Crippen LogP) is 4.39. The minimum atomic E-state index is -0.445. The number of halogens is 2. The van der Waals surface area contributed by atoms with Gasteiger partial charge in [0.2, 0.25) is 5.91 Å². The molecule has 0 saturated carbocycles. The Kier molecular flexibility index (Phi) is 7.40. The van der Waals surface area contributed by atoms with Gasteiger partial charge in [-0.25, -0.2) is 4.98 Å². The van der Waals surface area contributed by atoms with Crippen molar-refractivity contribution in [2.45, 2.75) is 30.2 Å². The SMILES string of the molecule is CC(Sc1nc2ccccc2c(=O)n1-c1ccc(Cl)cc1Cl)C(=O)NCCN1CCCC1. The monoisotopic (exact) mass is 490 g/mol. The summed E-state index contributed by atoms with van der Waals surface area (Å²) < 4.78 is 1.46. The number of carbonyl (C=O) groups is 1. The van der Waals surface area contributed by atoms with Crippen LogP contribution >= 0.6 is 35.0 Å². The lowest BCUT2D eigenvalue weighted by Crippen LogP contribution is -2.37. The van der Waals surface area contributed by atoms with Crippen LogP contribution < -0.4 is 10.9 Å². The molecule has 0 spiro atoms. The zero-order valence-corrected chi connectivity index (χ0v) is 20.0. The number of nitrogens with one attached hydrogen (secondary N) is 1. The van der Waals surface area contributed by atoms with E-state index in [9.17, 15) is 9.59 Å². The number of aromatic nitrogens is 2. The number of likely N-dealkylation sites (tertiary alicyclic amines) is 1.